The smallest absolute Gasteiger partial charge is 0.128 e. The number of pyridine rings is 1. The fourth-order valence-electron chi connectivity index (χ4n) is 1.27. The maximum atomic E-state index is 4.25. The predicted molar refractivity (Wildman–Crippen MR) is 66.4 cm³/mol. The summed E-state index contributed by atoms with van der Waals surface area (Å²) >= 11 is 2.20. The molecule has 0 aromatic carbocycles. The van der Waals surface area contributed by atoms with E-state index in [9.17, 15) is 0 Å². The monoisotopic (exact) mass is 311 g/mol. The van der Waals surface area contributed by atoms with E-state index in [1.54, 1.807) is 6.20 Å². The van der Waals surface area contributed by atoms with Crippen molar-refractivity contribution in [1.82, 2.24) is 15.0 Å². The van der Waals surface area contributed by atoms with E-state index in [0.29, 0.717) is 0 Å². The van der Waals surface area contributed by atoms with Gasteiger partial charge in [-0.05, 0) is 40.6 Å². The van der Waals surface area contributed by atoms with Gasteiger partial charge in [-0.25, -0.2) is 9.97 Å². The molecule has 0 saturated heterocycles. The van der Waals surface area contributed by atoms with Gasteiger partial charge in [0.25, 0.3) is 0 Å². The SMILES string of the molecule is Ic1cnc(CCc2cccnc2)nc1. The molecule has 4 heteroatoms. The minimum atomic E-state index is 0.864. The first-order chi connectivity index (χ1) is 7.34. The van der Waals surface area contributed by atoms with E-state index in [1.165, 1.54) is 5.56 Å². The van der Waals surface area contributed by atoms with Crippen molar-refractivity contribution in [3.63, 3.8) is 0 Å². The molecule has 0 saturated carbocycles. The maximum absolute atomic E-state index is 4.25. The zero-order chi connectivity index (χ0) is 10.5. The lowest BCUT2D eigenvalue weighted by atomic mass is 10.1. The number of hydrogen-bond donors (Lipinski definition) is 0. The summed E-state index contributed by atoms with van der Waals surface area (Å²) in [7, 11) is 0. The molecular weight excluding hydrogens is 301 g/mol. The van der Waals surface area contributed by atoms with Crippen LogP contribution in [0, 0.1) is 3.57 Å². The summed E-state index contributed by atoms with van der Waals surface area (Å²) in [5.74, 6) is 0.888. The average Bonchev–Trinajstić information content (AvgIpc) is 2.30. The quantitative estimate of drug-likeness (QED) is 0.816. The van der Waals surface area contributed by atoms with Crippen molar-refractivity contribution in [2.75, 3.05) is 0 Å². The lowest BCUT2D eigenvalue weighted by Gasteiger charge is -1.99. The normalized spacial score (nSPS) is 10.2. The first-order valence-electron chi connectivity index (χ1n) is 4.70. The highest BCUT2D eigenvalue weighted by Gasteiger charge is 1.98. The molecule has 0 radical (unpaired) electrons. The van der Waals surface area contributed by atoms with Crippen molar-refractivity contribution in [3.8, 4) is 0 Å². The molecule has 0 amide bonds. The van der Waals surface area contributed by atoms with Gasteiger partial charge in [0.05, 0.1) is 0 Å². The van der Waals surface area contributed by atoms with Crippen molar-refractivity contribution in [2.45, 2.75) is 12.8 Å². The van der Waals surface area contributed by atoms with Crippen LogP contribution in [0.25, 0.3) is 0 Å². The molecule has 0 spiro atoms. The molecular formula is C11H10IN3. The van der Waals surface area contributed by atoms with E-state index in [-0.39, 0.29) is 0 Å². The molecule has 76 valence electrons. The lowest BCUT2D eigenvalue weighted by Crippen LogP contribution is -1.98. The summed E-state index contributed by atoms with van der Waals surface area (Å²) in [4.78, 5) is 12.6. The van der Waals surface area contributed by atoms with Crippen molar-refractivity contribution < 1.29 is 0 Å². The van der Waals surface area contributed by atoms with Crippen LogP contribution in [-0.4, -0.2) is 15.0 Å². The predicted octanol–water partition coefficient (Wildman–Crippen LogP) is 2.26. The number of halogens is 1. The van der Waals surface area contributed by atoms with Crippen LogP contribution in [0.3, 0.4) is 0 Å². The second-order valence-corrected chi connectivity index (χ2v) is 4.42. The van der Waals surface area contributed by atoms with Gasteiger partial charge in [-0.2, -0.15) is 0 Å². The fourth-order valence-corrected chi connectivity index (χ4v) is 1.55. The van der Waals surface area contributed by atoms with Crippen LogP contribution < -0.4 is 0 Å². The Kier molecular flexibility index (Phi) is 3.60. The fraction of sp³-hybridized carbons (Fsp3) is 0.182. The van der Waals surface area contributed by atoms with Crippen LogP contribution in [0.4, 0.5) is 0 Å². The third-order valence-electron chi connectivity index (χ3n) is 2.03. The van der Waals surface area contributed by atoms with Gasteiger partial charge in [-0.3, -0.25) is 4.98 Å². The Hall–Kier alpha value is -1.04. The number of nitrogens with zero attached hydrogens (tertiary/aromatic N) is 3. The van der Waals surface area contributed by atoms with Crippen molar-refractivity contribution in [2.24, 2.45) is 0 Å². The van der Waals surface area contributed by atoms with Crippen molar-refractivity contribution in [3.05, 3.63) is 51.9 Å². The Balaban J connectivity index is 1.96. The molecule has 15 heavy (non-hydrogen) atoms. The van der Waals surface area contributed by atoms with Gasteiger partial charge in [0.2, 0.25) is 0 Å². The van der Waals surface area contributed by atoms with Crippen LogP contribution in [0.2, 0.25) is 0 Å². The van der Waals surface area contributed by atoms with Crippen LogP contribution >= 0.6 is 22.6 Å². The second-order valence-electron chi connectivity index (χ2n) is 3.18. The van der Waals surface area contributed by atoms with Gasteiger partial charge in [0.1, 0.15) is 5.82 Å². The molecule has 0 bridgehead atoms. The minimum Gasteiger partial charge on any atom is -0.264 e. The van der Waals surface area contributed by atoms with Crippen LogP contribution in [0.1, 0.15) is 11.4 Å². The second kappa shape index (κ2) is 5.16. The maximum Gasteiger partial charge on any atom is 0.128 e. The molecule has 2 heterocycles. The molecule has 2 aromatic rings. The molecule has 0 N–H and O–H groups in total. The molecule has 0 aliphatic carbocycles. The Morgan fingerprint density at radius 1 is 1.07 bits per heavy atom. The minimum absolute atomic E-state index is 0.864. The standard InChI is InChI=1S/C11H10IN3/c12-10-7-14-11(15-8-10)4-3-9-2-1-5-13-6-9/h1-2,5-8H,3-4H2. The van der Waals surface area contributed by atoms with Gasteiger partial charge < -0.3 is 0 Å². The Morgan fingerprint density at radius 2 is 1.87 bits per heavy atom. The summed E-state index contributed by atoms with van der Waals surface area (Å²) in [5, 5.41) is 0. The highest BCUT2D eigenvalue weighted by molar-refractivity contribution is 14.1. The highest BCUT2D eigenvalue weighted by Crippen LogP contribution is 2.04. The summed E-state index contributed by atoms with van der Waals surface area (Å²) in [6, 6.07) is 4.02. The van der Waals surface area contributed by atoms with E-state index in [4.69, 9.17) is 0 Å². The lowest BCUT2D eigenvalue weighted by molar-refractivity contribution is 0.851. The third-order valence-corrected chi connectivity index (χ3v) is 2.59. The summed E-state index contributed by atoms with van der Waals surface area (Å²) in [6.45, 7) is 0. The van der Waals surface area contributed by atoms with Crippen LogP contribution in [0.5, 0.6) is 0 Å². The van der Waals surface area contributed by atoms with E-state index in [0.717, 1.165) is 22.2 Å². The Bertz CT molecular complexity index is 414. The largest absolute Gasteiger partial charge is 0.264 e. The topological polar surface area (TPSA) is 38.7 Å². The van der Waals surface area contributed by atoms with E-state index in [1.807, 2.05) is 24.7 Å². The van der Waals surface area contributed by atoms with Gasteiger partial charge in [0, 0.05) is 34.8 Å². The summed E-state index contributed by atoms with van der Waals surface area (Å²) in [6.07, 6.45) is 9.15. The molecule has 2 rings (SSSR count). The van der Waals surface area contributed by atoms with Crippen molar-refractivity contribution >= 4 is 22.6 Å². The Labute approximate surface area is 102 Å². The molecule has 0 atom stereocenters. The van der Waals surface area contributed by atoms with E-state index < -0.39 is 0 Å². The van der Waals surface area contributed by atoms with Crippen LogP contribution in [-0.2, 0) is 12.8 Å². The average molecular weight is 311 g/mol. The Morgan fingerprint density at radius 3 is 2.53 bits per heavy atom. The molecule has 0 fully saturated rings. The molecule has 3 nitrogen and oxygen atoms in total. The number of aromatic nitrogens is 3. The molecule has 0 aliphatic heterocycles. The first-order valence-corrected chi connectivity index (χ1v) is 5.78. The highest BCUT2D eigenvalue weighted by atomic mass is 127. The van der Waals surface area contributed by atoms with Crippen LogP contribution in [0.15, 0.2) is 36.9 Å². The van der Waals surface area contributed by atoms with Gasteiger partial charge in [-0.1, -0.05) is 6.07 Å². The van der Waals surface area contributed by atoms with Gasteiger partial charge in [-0.15, -0.1) is 0 Å². The zero-order valence-electron chi connectivity index (χ0n) is 8.10. The number of aryl methyl sites for hydroxylation is 2. The van der Waals surface area contributed by atoms with E-state index >= 15 is 0 Å². The van der Waals surface area contributed by atoms with Crippen molar-refractivity contribution in [1.29, 1.82) is 0 Å². The number of hydrogen-bond acceptors (Lipinski definition) is 3. The molecule has 2 aromatic heterocycles. The van der Waals surface area contributed by atoms with E-state index in [2.05, 4.69) is 43.6 Å². The summed E-state index contributed by atoms with van der Waals surface area (Å²) in [5.41, 5.74) is 1.22. The number of rotatable bonds is 3. The van der Waals surface area contributed by atoms with Gasteiger partial charge in [0.15, 0.2) is 0 Å². The molecule has 0 unspecified atom stereocenters. The third kappa shape index (κ3) is 3.23. The van der Waals surface area contributed by atoms with Gasteiger partial charge >= 0.3 is 0 Å². The first kappa shape index (κ1) is 10.5. The molecule has 0 aliphatic rings. The zero-order valence-corrected chi connectivity index (χ0v) is 10.3. The summed E-state index contributed by atoms with van der Waals surface area (Å²) < 4.78 is 1.07.